The Labute approximate surface area is 589 Å². The Morgan fingerprint density at radius 2 is 0.600 bits per heavy atom. The highest BCUT2D eigenvalue weighted by molar-refractivity contribution is 5.70. The minimum Gasteiger partial charge on any atom is -0.545 e. The van der Waals surface area contributed by atoms with E-state index in [1.807, 2.05) is 21.1 Å². The van der Waals surface area contributed by atoms with Gasteiger partial charge >= 0.3 is 11.9 Å². The second kappa shape index (κ2) is 76.5. The van der Waals surface area contributed by atoms with Gasteiger partial charge in [0.05, 0.1) is 40.3 Å². The number of aliphatic carboxylic acids is 1. The normalized spacial score (nSPS) is 13.0. The van der Waals surface area contributed by atoms with Gasteiger partial charge in [-0.25, -0.2) is 0 Å². The van der Waals surface area contributed by atoms with Crippen LogP contribution in [-0.2, 0) is 33.3 Å². The Kier molecular flexibility index (Phi) is 73.9. The number of rotatable bonds is 77. The zero-order valence-corrected chi connectivity index (χ0v) is 63.6. The number of carboxylic acid groups (broad SMARTS) is 1. The maximum Gasteiger partial charge on any atom is 0.306 e. The molecule has 0 saturated carbocycles. The quantitative estimate of drug-likeness (QED) is 0.0195. The first kappa shape index (κ1) is 91.7. The summed E-state index contributed by atoms with van der Waals surface area (Å²) in [4.78, 5) is 37.6. The molecule has 95 heavy (non-hydrogen) atoms. The minimum atomic E-state index is -1.62. The van der Waals surface area contributed by atoms with Gasteiger partial charge in [0, 0.05) is 12.8 Å². The Morgan fingerprint density at radius 3 is 0.895 bits per heavy atom. The SMILES string of the molecule is CC/C=C\C/C=C\C/C=C\C/C=C\CCCCCCCCCCCCCCCCCCCCCCC(=O)OC(COC(=O)CCCCCCCCCCCCCCCCCCCCCCCCCCC/C=C\C/C=C\CCCCCCC)COC(OCC[N+](C)(C)C)C(=O)[O-]. The number of hydrogen-bond donors (Lipinski definition) is 0. The van der Waals surface area contributed by atoms with Crippen LogP contribution in [0.3, 0.4) is 0 Å². The summed E-state index contributed by atoms with van der Waals surface area (Å²) in [5.74, 6) is -2.25. The number of carboxylic acids is 1. The predicted molar refractivity (Wildman–Crippen MR) is 408 cm³/mol. The summed E-state index contributed by atoms with van der Waals surface area (Å²) < 4.78 is 22.9. The number of hydrogen-bond acceptors (Lipinski definition) is 8. The van der Waals surface area contributed by atoms with Gasteiger partial charge in [-0.2, -0.15) is 0 Å². The molecule has 0 aliphatic heterocycles. The molecule has 2 unspecified atom stereocenters. The van der Waals surface area contributed by atoms with E-state index < -0.39 is 24.3 Å². The van der Waals surface area contributed by atoms with E-state index in [1.54, 1.807) is 0 Å². The first-order chi connectivity index (χ1) is 46.6. The third-order valence-corrected chi connectivity index (χ3v) is 18.4. The smallest absolute Gasteiger partial charge is 0.306 e. The van der Waals surface area contributed by atoms with E-state index in [-0.39, 0.29) is 32.2 Å². The molecule has 0 amide bonds. The standard InChI is InChI=1S/C86H157NO8/c1-6-8-10-12-14-16-18-20-22-24-26-28-30-32-34-36-38-40-41-42-43-45-46-48-50-52-54-56-58-60-62-64-66-68-70-72-74-76-83(88)93-80-82(81-94-86(85(90)91)92-79-78-87(3,4)5)95-84(89)77-75-73-71-69-67-65-63-61-59-57-55-53-51-49-47-44-39-37-35-33-31-29-27-25-23-21-19-17-15-13-11-9-7-2/h9,11,15,17-18,20-21,23-24,26-27,29,82,86H,6-8,10,12-14,16,19,22,25,28,30-81H2,1-5H3/b11-9-,17-15-,20-18-,23-21-,26-24-,29-27-. The molecule has 0 rings (SSSR count). The van der Waals surface area contributed by atoms with Crippen LogP contribution in [0.15, 0.2) is 72.9 Å². The zero-order chi connectivity index (χ0) is 69.0. The molecule has 0 saturated heterocycles. The molecular weight excluding hydrogens is 1170 g/mol. The van der Waals surface area contributed by atoms with E-state index in [0.717, 1.165) is 64.2 Å². The highest BCUT2D eigenvalue weighted by atomic mass is 16.7. The van der Waals surface area contributed by atoms with Crippen molar-refractivity contribution < 1.29 is 42.9 Å². The molecule has 9 nitrogen and oxygen atoms in total. The lowest BCUT2D eigenvalue weighted by Gasteiger charge is -2.26. The molecule has 2 atom stereocenters. The number of ether oxygens (including phenoxy) is 4. The van der Waals surface area contributed by atoms with Gasteiger partial charge in [0.1, 0.15) is 13.2 Å². The zero-order valence-electron chi connectivity index (χ0n) is 63.6. The lowest BCUT2D eigenvalue weighted by Crippen LogP contribution is -2.44. The topological polar surface area (TPSA) is 111 Å². The monoisotopic (exact) mass is 1330 g/mol. The minimum absolute atomic E-state index is 0.149. The second-order valence-electron chi connectivity index (χ2n) is 29.0. The number of unbranched alkanes of at least 4 members (excludes halogenated alkanes) is 50. The van der Waals surface area contributed by atoms with Gasteiger partial charge in [-0.05, 0) is 83.5 Å². The number of nitrogens with zero attached hydrogens (tertiary/aromatic N) is 1. The molecule has 0 aromatic rings. The van der Waals surface area contributed by atoms with Crippen LogP contribution in [0.5, 0.6) is 0 Å². The van der Waals surface area contributed by atoms with Crippen molar-refractivity contribution in [1.29, 1.82) is 0 Å². The van der Waals surface area contributed by atoms with E-state index in [4.69, 9.17) is 18.9 Å². The van der Waals surface area contributed by atoms with Crippen molar-refractivity contribution in [2.24, 2.45) is 0 Å². The maximum atomic E-state index is 13.0. The van der Waals surface area contributed by atoms with Crippen LogP contribution < -0.4 is 5.11 Å². The second-order valence-corrected chi connectivity index (χ2v) is 29.0. The van der Waals surface area contributed by atoms with Gasteiger partial charge in [-0.15, -0.1) is 0 Å². The van der Waals surface area contributed by atoms with E-state index in [1.165, 1.54) is 302 Å². The van der Waals surface area contributed by atoms with Crippen LogP contribution in [0.2, 0.25) is 0 Å². The van der Waals surface area contributed by atoms with Crippen molar-refractivity contribution in [3.05, 3.63) is 72.9 Å². The predicted octanol–water partition coefficient (Wildman–Crippen LogP) is 25.0. The number of quaternary nitrogens is 1. The Balaban J connectivity index is 3.96. The molecule has 0 spiro atoms. The van der Waals surface area contributed by atoms with Crippen LogP contribution in [0.1, 0.15) is 399 Å². The van der Waals surface area contributed by atoms with Crippen LogP contribution in [0.4, 0.5) is 0 Å². The Bertz CT molecular complexity index is 1790. The lowest BCUT2D eigenvalue weighted by molar-refractivity contribution is -0.870. The van der Waals surface area contributed by atoms with Crippen molar-refractivity contribution in [2.75, 3.05) is 47.5 Å². The Morgan fingerprint density at radius 1 is 0.326 bits per heavy atom. The molecule has 0 aromatic carbocycles. The molecule has 554 valence electrons. The fraction of sp³-hybridized carbons (Fsp3) is 0.826. The number of allylic oxidation sites excluding steroid dienone is 12. The van der Waals surface area contributed by atoms with Crippen LogP contribution in [0.25, 0.3) is 0 Å². The Hall–Kier alpha value is -3.27. The maximum absolute atomic E-state index is 13.0. The molecule has 0 aliphatic rings. The first-order valence-corrected chi connectivity index (χ1v) is 41.1. The van der Waals surface area contributed by atoms with E-state index in [9.17, 15) is 19.5 Å². The summed E-state index contributed by atoms with van der Waals surface area (Å²) in [5.41, 5.74) is 0. The summed E-state index contributed by atoms with van der Waals surface area (Å²) in [6.07, 6.45) is 100. The fourth-order valence-corrected chi connectivity index (χ4v) is 12.2. The molecule has 9 heteroatoms. The van der Waals surface area contributed by atoms with Crippen molar-refractivity contribution >= 4 is 17.9 Å². The highest BCUT2D eigenvalue weighted by Crippen LogP contribution is 2.20. The highest BCUT2D eigenvalue weighted by Gasteiger charge is 2.22. The first-order valence-electron chi connectivity index (χ1n) is 41.1. The summed E-state index contributed by atoms with van der Waals surface area (Å²) in [6.45, 7) is 4.69. The van der Waals surface area contributed by atoms with E-state index in [2.05, 4.69) is 86.8 Å². The average Bonchev–Trinajstić information content (AvgIpc) is 3.75. The third-order valence-electron chi connectivity index (χ3n) is 18.4. The summed E-state index contributed by atoms with van der Waals surface area (Å²) >= 11 is 0. The molecule has 0 aliphatic carbocycles. The molecular formula is C86H157NO8. The summed E-state index contributed by atoms with van der Waals surface area (Å²) in [5, 5.41) is 11.9. The van der Waals surface area contributed by atoms with Crippen molar-refractivity contribution in [3.63, 3.8) is 0 Å². The lowest BCUT2D eigenvalue weighted by atomic mass is 10.0. The van der Waals surface area contributed by atoms with Crippen LogP contribution in [0, 0.1) is 0 Å². The molecule has 0 fully saturated rings. The molecule has 0 N–H and O–H groups in total. The molecule has 0 heterocycles. The summed E-state index contributed by atoms with van der Waals surface area (Å²) in [6, 6.07) is 0. The van der Waals surface area contributed by atoms with Crippen molar-refractivity contribution in [3.8, 4) is 0 Å². The van der Waals surface area contributed by atoms with E-state index in [0.29, 0.717) is 23.9 Å². The van der Waals surface area contributed by atoms with Gasteiger partial charge in [0.15, 0.2) is 12.4 Å². The molecule has 0 aromatic heterocycles. The third kappa shape index (κ3) is 77.9. The van der Waals surface area contributed by atoms with Gasteiger partial charge in [-0.1, -0.05) is 376 Å². The van der Waals surface area contributed by atoms with Crippen LogP contribution in [-0.4, -0.2) is 82.3 Å². The number of esters is 2. The number of carbonyl (C=O) groups excluding carboxylic acids is 3. The van der Waals surface area contributed by atoms with Gasteiger partial charge < -0.3 is 33.3 Å². The van der Waals surface area contributed by atoms with Crippen LogP contribution >= 0.6 is 0 Å². The molecule has 0 bridgehead atoms. The van der Waals surface area contributed by atoms with Gasteiger partial charge in [0.25, 0.3) is 0 Å². The van der Waals surface area contributed by atoms with Gasteiger partial charge in [-0.3, -0.25) is 9.59 Å². The van der Waals surface area contributed by atoms with E-state index >= 15 is 0 Å². The number of likely N-dealkylation sites (N-methyl/N-ethyl adjacent to an activating group) is 1. The fourth-order valence-electron chi connectivity index (χ4n) is 12.2. The van der Waals surface area contributed by atoms with Crippen molar-refractivity contribution in [2.45, 2.75) is 411 Å². The average molecular weight is 1330 g/mol. The van der Waals surface area contributed by atoms with Gasteiger partial charge in [0.2, 0.25) is 0 Å². The molecule has 0 radical (unpaired) electrons. The number of carbonyl (C=O) groups is 3. The summed E-state index contributed by atoms with van der Waals surface area (Å²) in [7, 11) is 5.95. The largest absolute Gasteiger partial charge is 0.545 e. The van der Waals surface area contributed by atoms with Crippen molar-refractivity contribution in [1.82, 2.24) is 0 Å².